The van der Waals surface area contributed by atoms with Gasteiger partial charge in [-0.15, -0.1) is 0 Å². The van der Waals surface area contributed by atoms with Crippen LogP contribution < -0.4 is 16.2 Å². The van der Waals surface area contributed by atoms with Gasteiger partial charge in [0, 0.05) is 24.3 Å². The van der Waals surface area contributed by atoms with E-state index in [1.165, 1.54) is 6.33 Å². The molecule has 0 unspecified atom stereocenters. The highest BCUT2D eigenvalue weighted by molar-refractivity contribution is 6.09. The molecule has 3 aromatic rings. The predicted octanol–water partition coefficient (Wildman–Crippen LogP) is 1.45. The number of anilines is 2. The summed E-state index contributed by atoms with van der Waals surface area (Å²) in [5.74, 6) is -0.545. The van der Waals surface area contributed by atoms with E-state index in [-0.39, 0.29) is 18.0 Å². The van der Waals surface area contributed by atoms with Crippen LogP contribution in [0.5, 0.6) is 0 Å². The van der Waals surface area contributed by atoms with Gasteiger partial charge in [0.2, 0.25) is 5.91 Å². The molecule has 1 aromatic heterocycles. The number of ether oxygens (including phenoxy) is 1. The molecule has 0 spiro atoms. The van der Waals surface area contributed by atoms with Gasteiger partial charge in [0.25, 0.3) is 11.5 Å². The van der Waals surface area contributed by atoms with Crippen molar-refractivity contribution in [3.63, 3.8) is 0 Å². The molecule has 0 aliphatic carbocycles. The number of hydrogen-bond donors (Lipinski definition) is 3. The van der Waals surface area contributed by atoms with Crippen LogP contribution in [0, 0.1) is 0 Å². The topological polar surface area (TPSA) is 116 Å². The van der Waals surface area contributed by atoms with E-state index in [2.05, 4.69) is 20.6 Å². The summed E-state index contributed by atoms with van der Waals surface area (Å²) < 4.78 is 5.28. The minimum Gasteiger partial charge on any atom is -0.379 e. The van der Waals surface area contributed by atoms with Crippen molar-refractivity contribution in [3.05, 3.63) is 64.7 Å². The number of nitrogens with one attached hydrogen (secondary N) is 3. The lowest BCUT2D eigenvalue weighted by molar-refractivity contribution is -0.118. The maximum absolute atomic E-state index is 12.7. The number of nitrogens with zero attached hydrogens (tertiary/aromatic N) is 2. The molecular formula is C21H21N5O4. The number of morpholine rings is 1. The monoisotopic (exact) mass is 407 g/mol. The van der Waals surface area contributed by atoms with Gasteiger partial charge in [0.15, 0.2) is 0 Å². The fourth-order valence-corrected chi connectivity index (χ4v) is 3.32. The fraction of sp³-hybridized carbons (Fsp3) is 0.238. The van der Waals surface area contributed by atoms with Crippen LogP contribution in [0.3, 0.4) is 0 Å². The molecule has 0 atom stereocenters. The number of amides is 2. The van der Waals surface area contributed by atoms with Crippen molar-refractivity contribution in [1.29, 1.82) is 0 Å². The third kappa shape index (κ3) is 4.53. The molecule has 0 saturated carbocycles. The largest absolute Gasteiger partial charge is 0.379 e. The van der Waals surface area contributed by atoms with E-state index in [1.54, 1.807) is 42.5 Å². The van der Waals surface area contributed by atoms with Gasteiger partial charge in [0.1, 0.15) is 0 Å². The third-order valence-corrected chi connectivity index (χ3v) is 4.80. The number of aromatic nitrogens is 2. The molecule has 2 amide bonds. The van der Waals surface area contributed by atoms with Gasteiger partial charge in [-0.25, -0.2) is 4.98 Å². The summed E-state index contributed by atoms with van der Waals surface area (Å²) in [6, 6.07) is 11.7. The first kappa shape index (κ1) is 19.7. The van der Waals surface area contributed by atoms with E-state index in [0.717, 1.165) is 13.1 Å². The lowest BCUT2D eigenvalue weighted by atomic mass is 10.1. The van der Waals surface area contributed by atoms with Gasteiger partial charge in [-0.2, -0.15) is 0 Å². The summed E-state index contributed by atoms with van der Waals surface area (Å²) in [7, 11) is 0. The predicted molar refractivity (Wildman–Crippen MR) is 113 cm³/mol. The van der Waals surface area contributed by atoms with Gasteiger partial charge in [-0.05, 0) is 30.3 Å². The second-order valence-corrected chi connectivity index (χ2v) is 6.90. The Balaban J connectivity index is 1.47. The number of benzene rings is 2. The first-order valence-electron chi connectivity index (χ1n) is 9.58. The zero-order valence-corrected chi connectivity index (χ0v) is 16.2. The Morgan fingerprint density at radius 2 is 1.90 bits per heavy atom. The molecule has 1 fully saturated rings. The maximum Gasteiger partial charge on any atom is 0.260 e. The van der Waals surface area contributed by atoms with Crippen molar-refractivity contribution in [2.45, 2.75) is 0 Å². The van der Waals surface area contributed by atoms with Crippen molar-refractivity contribution in [2.75, 3.05) is 43.5 Å². The highest BCUT2D eigenvalue weighted by atomic mass is 16.5. The summed E-state index contributed by atoms with van der Waals surface area (Å²) in [5, 5.41) is 5.88. The van der Waals surface area contributed by atoms with Crippen molar-refractivity contribution in [3.8, 4) is 0 Å². The van der Waals surface area contributed by atoms with Crippen LogP contribution in [0.4, 0.5) is 11.4 Å². The first-order valence-corrected chi connectivity index (χ1v) is 9.58. The normalized spacial score (nSPS) is 14.4. The van der Waals surface area contributed by atoms with Gasteiger partial charge in [0.05, 0.1) is 42.7 Å². The van der Waals surface area contributed by atoms with E-state index in [0.29, 0.717) is 41.1 Å². The Morgan fingerprint density at radius 3 is 2.73 bits per heavy atom. The van der Waals surface area contributed by atoms with Crippen LogP contribution in [0.25, 0.3) is 10.9 Å². The van der Waals surface area contributed by atoms with Gasteiger partial charge < -0.3 is 20.4 Å². The Bertz CT molecular complexity index is 1130. The number of hydrogen-bond acceptors (Lipinski definition) is 6. The van der Waals surface area contributed by atoms with Crippen molar-refractivity contribution >= 4 is 34.1 Å². The van der Waals surface area contributed by atoms with E-state index in [4.69, 9.17) is 4.74 Å². The van der Waals surface area contributed by atoms with Gasteiger partial charge in [-0.3, -0.25) is 19.3 Å². The molecule has 3 N–H and O–H groups in total. The maximum atomic E-state index is 12.7. The highest BCUT2D eigenvalue weighted by Gasteiger charge is 2.15. The zero-order chi connectivity index (χ0) is 20.9. The molecule has 2 heterocycles. The third-order valence-electron chi connectivity index (χ3n) is 4.80. The smallest absolute Gasteiger partial charge is 0.260 e. The second-order valence-electron chi connectivity index (χ2n) is 6.90. The van der Waals surface area contributed by atoms with E-state index >= 15 is 0 Å². The molecule has 9 nitrogen and oxygen atoms in total. The minimum absolute atomic E-state index is 0.152. The quantitative estimate of drug-likeness (QED) is 0.589. The minimum atomic E-state index is -0.393. The van der Waals surface area contributed by atoms with Gasteiger partial charge in [-0.1, -0.05) is 12.1 Å². The van der Waals surface area contributed by atoms with Crippen LogP contribution in [-0.4, -0.2) is 59.5 Å². The first-order chi connectivity index (χ1) is 14.6. The van der Waals surface area contributed by atoms with E-state index in [9.17, 15) is 14.4 Å². The van der Waals surface area contributed by atoms with E-state index < -0.39 is 5.91 Å². The number of H-pyrrole nitrogens is 1. The molecule has 1 aliphatic heterocycles. The molecule has 1 aliphatic rings. The van der Waals surface area contributed by atoms with Crippen LogP contribution >= 0.6 is 0 Å². The number of carbonyl (C=O) groups excluding carboxylic acids is 2. The number of carbonyl (C=O) groups is 2. The zero-order valence-electron chi connectivity index (χ0n) is 16.2. The van der Waals surface area contributed by atoms with E-state index in [1.807, 2.05) is 4.90 Å². The summed E-state index contributed by atoms with van der Waals surface area (Å²) in [4.78, 5) is 45.8. The summed E-state index contributed by atoms with van der Waals surface area (Å²) in [5.41, 5.74) is 1.41. The van der Waals surface area contributed by atoms with Crippen LogP contribution in [-0.2, 0) is 9.53 Å². The van der Waals surface area contributed by atoms with Crippen molar-refractivity contribution in [2.24, 2.45) is 0 Å². The van der Waals surface area contributed by atoms with Crippen molar-refractivity contribution in [1.82, 2.24) is 14.9 Å². The lowest BCUT2D eigenvalue weighted by Gasteiger charge is -2.25. The Kier molecular flexibility index (Phi) is 5.82. The molecule has 4 rings (SSSR count). The molecule has 9 heteroatoms. The average Bonchev–Trinajstić information content (AvgIpc) is 2.75. The average molecular weight is 407 g/mol. The highest BCUT2D eigenvalue weighted by Crippen LogP contribution is 2.19. The number of rotatable bonds is 5. The molecule has 0 bridgehead atoms. The number of aromatic amines is 1. The molecule has 1 saturated heterocycles. The van der Waals surface area contributed by atoms with Crippen LogP contribution in [0.2, 0.25) is 0 Å². The molecule has 30 heavy (non-hydrogen) atoms. The van der Waals surface area contributed by atoms with Gasteiger partial charge >= 0.3 is 0 Å². The Morgan fingerprint density at radius 1 is 1.10 bits per heavy atom. The Hall–Kier alpha value is -3.56. The lowest BCUT2D eigenvalue weighted by Crippen LogP contribution is -2.41. The van der Waals surface area contributed by atoms with Crippen LogP contribution in [0.15, 0.2) is 53.6 Å². The summed E-state index contributed by atoms with van der Waals surface area (Å²) >= 11 is 0. The SMILES string of the molecule is O=C(CN1CCOCC1)Nc1cccc(C(=O)Nc2cccc3nc[nH]c(=O)c23)c1. The second kappa shape index (κ2) is 8.85. The molecule has 2 aromatic carbocycles. The van der Waals surface area contributed by atoms with Crippen LogP contribution in [0.1, 0.15) is 10.4 Å². The van der Waals surface area contributed by atoms with Crippen molar-refractivity contribution < 1.29 is 14.3 Å². The standard InChI is InChI=1S/C21H21N5O4/c27-18(12-26-7-9-30-10-8-26)24-15-4-1-3-14(11-15)20(28)25-17-6-2-5-16-19(17)21(29)23-13-22-16/h1-6,11,13H,7-10,12H2,(H,24,27)(H,25,28)(H,22,23,29). The molecule has 0 radical (unpaired) electrons. The summed E-state index contributed by atoms with van der Waals surface area (Å²) in [6.07, 6.45) is 1.32. The summed E-state index contributed by atoms with van der Waals surface area (Å²) in [6.45, 7) is 2.94. The Labute approximate surface area is 172 Å². The fourth-order valence-electron chi connectivity index (χ4n) is 3.32. The molecule has 154 valence electrons. The molecular weight excluding hydrogens is 386 g/mol. The number of fused-ring (bicyclic) bond motifs is 1.